The molecule has 6 aromatic rings. The molecule has 0 fully saturated rings. The maximum Gasteiger partial charge on any atom is 0.138 e. The van der Waals surface area contributed by atoms with Crippen LogP contribution in [0.15, 0.2) is 170 Å². The molecule has 0 bridgehead atoms. The Hall–Kier alpha value is -6.50. The maximum absolute atomic E-state index is 10.1. The number of allylic oxidation sites excluding steroid dienone is 4. The van der Waals surface area contributed by atoms with E-state index in [4.69, 9.17) is 4.74 Å². The Balaban J connectivity index is 0.00000207. The highest BCUT2D eigenvalue weighted by molar-refractivity contribution is 5.85. The number of nitriles is 2. The lowest BCUT2D eigenvalue weighted by Gasteiger charge is -2.25. The van der Waals surface area contributed by atoms with Crippen molar-refractivity contribution >= 4 is 0 Å². The van der Waals surface area contributed by atoms with Crippen molar-refractivity contribution in [3.05, 3.63) is 209 Å². The molecule has 0 radical (unpaired) electrons. The molecule has 3 atom stereocenters. The molecule has 5 nitrogen and oxygen atoms in total. The molecule has 52 heavy (non-hydrogen) atoms. The van der Waals surface area contributed by atoms with Gasteiger partial charge in [-0.05, 0) is 70.8 Å². The molecule has 8 rings (SSSR count). The van der Waals surface area contributed by atoms with Gasteiger partial charge in [-0.25, -0.2) is 0 Å². The fourth-order valence-corrected chi connectivity index (χ4v) is 7.33. The van der Waals surface area contributed by atoms with Gasteiger partial charge in [0.1, 0.15) is 11.5 Å². The lowest BCUT2D eigenvalue weighted by atomic mass is 9.77. The molecular weight excluding hydrogens is 637 g/mol. The molecule has 0 amide bonds. The molecule has 6 aromatic carbocycles. The van der Waals surface area contributed by atoms with E-state index < -0.39 is 0 Å². The third kappa shape index (κ3) is 6.67. The Kier molecular flexibility index (Phi) is 10.2. The average molecular weight is 675 g/mol. The summed E-state index contributed by atoms with van der Waals surface area (Å²) in [6.45, 7) is 0.756. The zero-order valence-corrected chi connectivity index (χ0v) is 28.9. The zero-order valence-electron chi connectivity index (χ0n) is 28.9. The molecule has 5 heteroatoms. The molecule has 1 aliphatic heterocycles. The van der Waals surface area contributed by atoms with Crippen LogP contribution in [0.1, 0.15) is 56.8 Å². The van der Waals surface area contributed by atoms with Gasteiger partial charge in [0.05, 0.1) is 35.2 Å². The van der Waals surface area contributed by atoms with Crippen molar-refractivity contribution in [1.29, 1.82) is 10.5 Å². The molecular formula is C47H38N4O. The van der Waals surface area contributed by atoms with Crippen molar-refractivity contribution in [3.8, 4) is 40.1 Å². The number of nitrogens with one attached hydrogen (secondary N) is 1. The van der Waals surface area contributed by atoms with Crippen LogP contribution in [-0.2, 0) is 6.54 Å². The van der Waals surface area contributed by atoms with Gasteiger partial charge in [-0.2, -0.15) is 10.5 Å². The first-order valence-corrected chi connectivity index (χ1v) is 17.4. The minimum atomic E-state index is -0.0656. The Morgan fingerprint density at radius 2 is 1.27 bits per heavy atom. The quantitative estimate of drug-likeness (QED) is 0.168. The highest BCUT2D eigenvalue weighted by Gasteiger charge is 2.39. The van der Waals surface area contributed by atoms with Crippen LogP contribution in [-0.4, -0.2) is 7.05 Å². The van der Waals surface area contributed by atoms with Gasteiger partial charge in [0.15, 0.2) is 0 Å². The summed E-state index contributed by atoms with van der Waals surface area (Å²) in [7, 11) is 1.50. The third-order valence-corrected chi connectivity index (χ3v) is 9.75. The second kappa shape index (κ2) is 15.6. The van der Waals surface area contributed by atoms with Crippen molar-refractivity contribution in [2.24, 2.45) is 5.73 Å². The lowest BCUT2D eigenvalue weighted by molar-refractivity contribution is 0.418. The van der Waals surface area contributed by atoms with E-state index in [1.54, 1.807) is 0 Å². The number of hydrogen-bond acceptors (Lipinski definition) is 5. The third-order valence-electron chi connectivity index (χ3n) is 9.75. The smallest absolute Gasteiger partial charge is 0.138 e. The summed E-state index contributed by atoms with van der Waals surface area (Å²) in [5.74, 6) is 1.61. The van der Waals surface area contributed by atoms with Crippen LogP contribution >= 0.6 is 0 Å². The molecule has 1 aliphatic carbocycles. The van der Waals surface area contributed by atoms with Crippen LogP contribution < -0.4 is 15.8 Å². The summed E-state index contributed by atoms with van der Waals surface area (Å²) in [5, 5.41) is 23.9. The van der Waals surface area contributed by atoms with E-state index >= 15 is 0 Å². The highest BCUT2D eigenvalue weighted by atomic mass is 16.5. The van der Waals surface area contributed by atoms with E-state index in [1.807, 2.05) is 54.6 Å². The van der Waals surface area contributed by atoms with Gasteiger partial charge >= 0.3 is 0 Å². The summed E-state index contributed by atoms with van der Waals surface area (Å²) in [5.41, 5.74) is 15.0. The minimum absolute atomic E-state index is 0.0262. The van der Waals surface area contributed by atoms with Gasteiger partial charge in [-0.3, -0.25) is 0 Å². The first-order valence-electron chi connectivity index (χ1n) is 17.4. The summed E-state index contributed by atoms with van der Waals surface area (Å²) < 4.78 is 6.71. The normalized spacial score (nSPS) is 15.7. The number of nitrogens with zero attached hydrogens (tertiary/aromatic N) is 2. The predicted molar refractivity (Wildman–Crippen MR) is 208 cm³/mol. The summed E-state index contributed by atoms with van der Waals surface area (Å²) in [4.78, 5) is 0. The first kappa shape index (κ1) is 34.0. The Morgan fingerprint density at radius 1 is 0.673 bits per heavy atom. The van der Waals surface area contributed by atoms with Gasteiger partial charge in [-0.15, -0.1) is 0 Å². The molecule has 0 aromatic heterocycles. The van der Waals surface area contributed by atoms with E-state index in [9.17, 15) is 10.5 Å². The monoisotopic (exact) mass is 674 g/mol. The van der Waals surface area contributed by atoms with E-state index in [-0.39, 0.29) is 17.9 Å². The lowest BCUT2D eigenvalue weighted by Crippen LogP contribution is -2.22. The SMILES string of the molecule is CN.N#Cc1ccccc1-c1cc(-c2ccccc2C#N)c2c(c1)C1C(=CC=CC1c1ccc(C(NCc3ccccc3)c3ccccc3)cc1)O2. The molecule has 3 unspecified atom stereocenters. The molecule has 1 heterocycles. The van der Waals surface area contributed by atoms with Gasteiger partial charge in [0.2, 0.25) is 0 Å². The largest absolute Gasteiger partial charge is 0.460 e. The van der Waals surface area contributed by atoms with Crippen molar-refractivity contribution in [3.63, 3.8) is 0 Å². The minimum Gasteiger partial charge on any atom is -0.460 e. The zero-order chi connectivity index (χ0) is 35.9. The van der Waals surface area contributed by atoms with Crippen LogP contribution in [0, 0.1) is 22.7 Å². The Bertz CT molecular complexity index is 2330. The summed E-state index contributed by atoms with van der Waals surface area (Å²) >= 11 is 0. The number of hydrogen-bond donors (Lipinski definition) is 2. The molecule has 0 spiro atoms. The van der Waals surface area contributed by atoms with Gasteiger partial charge in [-0.1, -0.05) is 133 Å². The molecule has 0 saturated carbocycles. The predicted octanol–water partition coefficient (Wildman–Crippen LogP) is 9.93. The van der Waals surface area contributed by atoms with Crippen LogP contribution in [0.25, 0.3) is 22.3 Å². The van der Waals surface area contributed by atoms with Crippen molar-refractivity contribution in [2.45, 2.75) is 24.4 Å². The maximum atomic E-state index is 10.1. The molecule has 252 valence electrons. The number of fused-ring (bicyclic) bond motifs is 3. The Labute approximate surface area is 305 Å². The second-order valence-corrected chi connectivity index (χ2v) is 12.7. The van der Waals surface area contributed by atoms with E-state index in [2.05, 4.69) is 132 Å². The van der Waals surface area contributed by atoms with Crippen LogP contribution in [0.2, 0.25) is 0 Å². The topological polar surface area (TPSA) is 94.9 Å². The van der Waals surface area contributed by atoms with Crippen molar-refractivity contribution < 1.29 is 4.74 Å². The van der Waals surface area contributed by atoms with Gasteiger partial charge < -0.3 is 15.8 Å². The second-order valence-electron chi connectivity index (χ2n) is 12.7. The number of benzene rings is 6. The average Bonchev–Trinajstić information content (AvgIpc) is 3.61. The fourth-order valence-electron chi connectivity index (χ4n) is 7.33. The number of nitrogens with two attached hydrogens (primary N) is 1. The van der Waals surface area contributed by atoms with Crippen LogP contribution in [0.4, 0.5) is 0 Å². The molecule has 3 N–H and O–H groups in total. The van der Waals surface area contributed by atoms with Crippen molar-refractivity contribution in [1.82, 2.24) is 5.32 Å². The standard InChI is InChI=1S/C46H33N3O.CH5N/c47-28-35-16-7-9-18-38(35)37-26-41(39-19-10-8-17-36(39)29-48)46-42(27-37)44-40(20-11-21-43(44)50-46)32-22-24-34(25-23-32)45(33-14-5-2-6-15-33)49-30-31-12-3-1-4-13-31;1-2/h1-27,40,44-45,49H,30H2;2H2,1H3. The molecule has 2 aliphatic rings. The van der Waals surface area contributed by atoms with Crippen LogP contribution in [0.5, 0.6) is 5.75 Å². The highest BCUT2D eigenvalue weighted by Crippen LogP contribution is 2.55. The van der Waals surface area contributed by atoms with E-state index in [0.29, 0.717) is 11.1 Å². The molecule has 0 saturated heterocycles. The fraction of sp³-hybridized carbons (Fsp3) is 0.106. The summed E-state index contributed by atoms with van der Waals surface area (Å²) in [6, 6.07) is 54.3. The number of rotatable bonds is 8. The van der Waals surface area contributed by atoms with Crippen LogP contribution in [0.3, 0.4) is 0 Å². The van der Waals surface area contributed by atoms with Gasteiger partial charge in [0.25, 0.3) is 0 Å². The number of ether oxygens (including phenoxy) is 1. The first-order chi connectivity index (χ1) is 25.7. The van der Waals surface area contributed by atoms with E-state index in [0.717, 1.165) is 45.9 Å². The Morgan fingerprint density at radius 3 is 1.96 bits per heavy atom. The summed E-state index contributed by atoms with van der Waals surface area (Å²) in [6.07, 6.45) is 6.39. The van der Waals surface area contributed by atoms with Gasteiger partial charge in [0, 0.05) is 29.2 Å². The van der Waals surface area contributed by atoms with Crippen molar-refractivity contribution in [2.75, 3.05) is 7.05 Å². The van der Waals surface area contributed by atoms with E-state index in [1.165, 1.54) is 29.3 Å².